The highest BCUT2D eigenvalue weighted by molar-refractivity contribution is 6.18. The van der Waals surface area contributed by atoms with Gasteiger partial charge in [0.05, 0.1) is 20.6 Å². The number of hydrogen-bond acceptors (Lipinski definition) is 3. The maximum atomic E-state index is 12.5. The van der Waals surface area contributed by atoms with Crippen LogP contribution in [0.1, 0.15) is 24.8 Å². The number of carbonyl (C=O) groups is 1. The molecular weight excluding hydrogens is 290 g/mol. The first-order valence-corrected chi connectivity index (χ1v) is 7.79. The second-order valence-electron chi connectivity index (χ2n) is 5.23. The van der Waals surface area contributed by atoms with E-state index in [0.717, 1.165) is 18.4 Å². The number of benzene rings is 1. The van der Waals surface area contributed by atoms with Gasteiger partial charge in [-0.25, -0.2) is 0 Å². The molecule has 0 spiro atoms. The number of carbonyl (C=O) groups excluding carboxylic acids is 1. The number of hydrogen-bond donors (Lipinski definition) is 0. The van der Waals surface area contributed by atoms with Crippen LogP contribution in [-0.2, 0) is 11.2 Å². The Morgan fingerprint density at radius 3 is 2.52 bits per heavy atom. The van der Waals surface area contributed by atoms with Crippen LogP contribution >= 0.6 is 11.6 Å². The third kappa shape index (κ3) is 3.82. The minimum atomic E-state index is 0.132. The van der Waals surface area contributed by atoms with Crippen molar-refractivity contribution in [2.45, 2.75) is 31.7 Å². The number of nitrogens with zero attached hydrogens (tertiary/aromatic N) is 1. The van der Waals surface area contributed by atoms with Gasteiger partial charge in [-0.15, -0.1) is 11.6 Å². The maximum absolute atomic E-state index is 12.5. The molecule has 0 aliphatic heterocycles. The Morgan fingerprint density at radius 1 is 1.29 bits per heavy atom. The van der Waals surface area contributed by atoms with E-state index in [2.05, 4.69) is 0 Å². The highest BCUT2D eigenvalue weighted by atomic mass is 35.5. The monoisotopic (exact) mass is 311 g/mol. The van der Waals surface area contributed by atoms with Gasteiger partial charge in [-0.05, 0) is 37.0 Å². The summed E-state index contributed by atoms with van der Waals surface area (Å²) in [7, 11) is 3.19. The lowest BCUT2D eigenvalue weighted by molar-refractivity contribution is -0.134. The molecule has 1 aromatic rings. The fourth-order valence-corrected chi connectivity index (χ4v) is 2.75. The van der Waals surface area contributed by atoms with Crippen LogP contribution < -0.4 is 9.47 Å². The topological polar surface area (TPSA) is 38.8 Å². The lowest BCUT2D eigenvalue weighted by atomic mass is 9.91. The summed E-state index contributed by atoms with van der Waals surface area (Å²) in [6.45, 7) is 0.623. The number of amides is 1. The van der Waals surface area contributed by atoms with Gasteiger partial charge in [-0.1, -0.05) is 6.07 Å². The molecule has 0 heterocycles. The van der Waals surface area contributed by atoms with Crippen molar-refractivity contribution in [2.24, 2.45) is 0 Å². The van der Waals surface area contributed by atoms with Crippen molar-refractivity contribution in [3.63, 3.8) is 0 Å². The first-order chi connectivity index (χ1) is 10.2. The molecule has 0 bridgehead atoms. The van der Waals surface area contributed by atoms with Gasteiger partial charge in [0.2, 0.25) is 5.91 Å². The van der Waals surface area contributed by atoms with E-state index in [9.17, 15) is 4.79 Å². The molecule has 0 unspecified atom stereocenters. The van der Waals surface area contributed by atoms with Gasteiger partial charge in [-0.2, -0.15) is 0 Å². The Balaban J connectivity index is 2.06. The van der Waals surface area contributed by atoms with E-state index < -0.39 is 0 Å². The zero-order chi connectivity index (χ0) is 15.2. The fraction of sp³-hybridized carbons (Fsp3) is 0.562. The van der Waals surface area contributed by atoms with Crippen molar-refractivity contribution < 1.29 is 14.3 Å². The van der Waals surface area contributed by atoms with Gasteiger partial charge < -0.3 is 14.4 Å². The summed E-state index contributed by atoms with van der Waals surface area (Å²) in [4.78, 5) is 14.4. The van der Waals surface area contributed by atoms with Crippen molar-refractivity contribution in [1.82, 2.24) is 4.90 Å². The van der Waals surface area contributed by atoms with Crippen molar-refractivity contribution in [2.75, 3.05) is 26.6 Å². The fourth-order valence-electron chi connectivity index (χ4n) is 2.57. The van der Waals surface area contributed by atoms with Crippen LogP contribution in [-0.4, -0.2) is 43.5 Å². The van der Waals surface area contributed by atoms with Gasteiger partial charge in [0.1, 0.15) is 0 Å². The van der Waals surface area contributed by atoms with Crippen LogP contribution in [0.2, 0.25) is 0 Å². The molecule has 1 saturated carbocycles. The van der Waals surface area contributed by atoms with E-state index in [-0.39, 0.29) is 5.91 Å². The Kier molecular flexibility index (Phi) is 5.74. The second-order valence-corrected chi connectivity index (χ2v) is 5.60. The summed E-state index contributed by atoms with van der Waals surface area (Å²) in [5.74, 6) is 1.93. The summed E-state index contributed by atoms with van der Waals surface area (Å²) >= 11 is 5.83. The van der Waals surface area contributed by atoms with Gasteiger partial charge >= 0.3 is 0 Å². The molecule has 1 aromatic carbocycles. The van der Waals surface area contributed by atoms with Crippen molar-refractivity contribution in [1.29, 1.82) is 0 Å². The second kappa shape index (κ2) is 7.55. The smallest absolute Gasteiger partial charge is 0.227 e. The molecule has 4 nitrogen and oxygen atoms in total. The SMILES string of the molecule is COc1ccc(CC(=O)N(CCCl)C2CCC2)cc1OC. The molecule has 116 valence electrons. The Morgan fingerprint density at radius 2 is 2.00 bits per heavy atom. The highest BCUT2D eigenvalue weighted by Crippen LogP contribution is 2.29. The molecule has 1 amide bonds. The summed E-state index contributed by atoms with van der Waals surface area (Å²) in [5, 5.41) is 0. The first-order valence-electron chi connectivity index (χ1n) is 7.26. The van der Waals surface area contributed by atoms with Gasteiger partial charge in [0, 0.05) is 18.5 Å². The summed E-state index contributed by atoms with van der Waals surface area (Å²) in [6, 6.07) is 5.96. The number of halogens is 1. The number of methoxy groups -OCH3 is 2. The average Bonchev–Trinajstić information content (AvgIpc) is 2.44. The van der Waals surface area contributed by atoms with Crippen LogP contribution in [0.4, 0.5) is 0 Å². The van der Waals surface area contributed by atoms with Crippen LogP contribution in [0.3, 0.4) is 0 Å². The number of alkyl halides is 1. The van der Waals surface area contributed by atoms with Gasteiger partial charge in [0.25, 0.3) is 0 Å². The molecule has 0 saturated heterocycles. The molecule has 2 rings (SSSR count). The maximum Gasteiger partial charge on any atom is 0.227 e. The van der Waals surface area contributed by atoms with E-state index in [0.29, 0.717) is 36.4 Å². The molecule has 1 fully saturated rings. The molecule has 1 aliphatic carbocycles. The zero-order valence-electron chi connectivity index (χ0n) is 12.6. The zero-order valence-corrected chi connectivity index (χ0v) is 13.4. The Hall–Kier alpha value is -1.42. The van der Waals surface area contributed by atoms with Crippen LogP contribution in [0.15, 0.2) is 18.2 Å². The summed E-state index contributed by atoms with van der Waals surface area (Å²) < 4.78 is 10.5. The standard InChI is InChI=1S/C16H22ClNO3/c1-20-14-7-6-12(10-15(14)21-2)11-16(19)18(9-8-17)13-4-3-5-13/h6-7,10,13H,3-5,8-9,11H2,1-2H3. The summed E-state index contributed by atoms with van der Waals surface area (Å²) in [5.41, 5.74) is 0.927. The third-order valence-corrected chi connectivity index (χ3v) is 4.13. The van der Waals surface area contributed by atoms with E-state index in [1.54, 1.807) is 14.2 Å². The molecular formula is C16H22ClNO3. The quantitative estimate of drug-likeness (QED) is 0.727. The molecule has 0 aromatic heterocycles. The normalized spacial score (nSPS) is 14.4. The van der Waals surface area contributed by atoms with E-state index in [1.165, 1.54) is 6.42 Å². The van der Waals surface area contributed by atoms with Gasteiger partial charge in [-0.3, -0.25) is 4.79 Å². The largest absolute Gasteiger partial charge is 0.493 e. The Bertz CT molecular complexity index is 488. The van der Waals surface area contributed by atoms with Crippen molar-refractivity contribution in [3.8, 4) is 11.5 Å². The molecule has 0 N–H and O–H groups in total. The molecule has 0 radical (unpaired) electrons. The third-order valence-electron chi connectivity index (χ3n) is 3.96. The van der Waals surface area contributed by atoms with Crippen LogP contribution in [0, 0.1) is 0 Å². The van der Waals surface area contributed by atoms with Crippen LogP contribution in [0.25, 0.3) is 0 Å². The van der Waals surface area contributed by atoms with Crippen LogP contribution in [0.5, 0.6) is 11.5 Å². The molecule has 1 aliphatic rings. The van der Waals surface area contributed by atoms with Crippen molar-refractivity contribution in [3.05, 3.63) is 23.8 Å². The Labute approximate surface area is 131 Å². The average molecular weight is 312 g/mol. The number of ether oxygens (including phenoxy) is 2. The van der Waals surface area contributed by atoms with Crippen molar-refractivity contribution >= 4 is 17.5 Å². The highest BCUT2D eigenvalue weighted by Gasteiger charge is 2.28. The lowest BCUT2D eigenvalue weighted by Gasteiger charge is -2.37. The predicted molar refractivity (Wildman–Crippen MR) is 83.3 cm³/mol. The molecule has 21 heavy (non-hydrogen) atoms. The summed E-state index contributed by atoms with van der Waals surface area (Å²) in [6.07, 6.45) is 3.75. The van der Waals surface area contributed by atoms with E-state index >= 15 is 0 Å². The van der Waals surface area contributed by atoms with E-state index in [1.807, 2.05) is 23.1 Å². The minimum absolute atomic E-state index is 0.132. The van der Waals surface area contributed by atoms with E-state index in [4.69, 9.17) is 21.1 Å². The minimum Gasteiger partial charge on any atom is -0.493 e. The lowest BCUT2D eigenvalue weighted by Crippen LogP contribution is -2.45. The predicted octanol–water partition coefficient (Wildman–Crippen LogP) is 2.87. The number of rotatable bonds is 7. The van der Waals surface area contributed by atoms with Gasteiger partial charge in [0.15, 0.2) is 11.5 Å². The molecule has 5 heteroatoms. The molecule has 0 atom stereocenters. The first kappa shape index (κ1) is 16.0.